The number of amides is 2. The lowest BCUT2D eigenvalue weighted by Crippen LogP contribution is -2.36. The molecule has 0 radical (unpaired) electrons. The predicted molar refractivity (Wildman–Crippen MR) is 84.6 cm³/mol. The van der Waals surface area contributed by atoms with Gasteiger partial charge in [0, 0.05) is 21.1 Å². The van der Waals surface area contributed by atoms with E-state index in [1.807, 2.05) is 0 Å². The molecule has 9 heteroatoms. The lowest BCUT2D eigenvalue weighted by molar-refractivity contribution is -0.127. The van der Waals surface area contributed by atoms with E-state index in [-0.39, 0.29) is 29.9 Å². The van der Waals surface area contributed by atoms with Crippen LogP contribution in [0.1, 0.15) is 5.56 Å². The van der Waals surface area contributed by atoms with Crippen LogP contribution in [0, 0.1) is 6.92 Å². The van der Waals surface area contributed by atoms with Gasteiger partial charge < -0.3 is 15.0 Å². The van der Waals surface area contributed by atoms with Gasteiger partial charge >= 0.3 is 0 Å². The number of hydrogen-bond donors (Lipinski definition) is 2. The highest BCUT2D eigenvalue weighted by atomic mass is 32.2. The Morgan fingerprint density at radius 1 is 1.26 bits per heavy atom. The highest BCUT2D eigenvalue weighted by Gasteiger charge is 2.17. The number of hydrogen-bond acceptors (Lipinski definition) is 5. The number of aryl methyl sites for hydroxylation is 1. The molecule has 1 aromatic carbocycles. The first kappa shape index (κ1) is 18.9. The van der Waals surface area contributed by atoms with Crippen molar-refractivity contribution in [2.24, 2.45) is 0 Å². The summed E-state index contributed by atoms with van der Waals surface area (Å²) in [6.45, 7) is 1.20. The van der Waals surface area contributed by atoms with Crippen LogP contribution >= 0.6 is 0 Å². The molecule has 0 unspecified atom stereocenters. The van der Waals surface area contributed by atoms with E-state index in [9.17, 15) is 18.0 Å². The third-order valence-corrected chi connectivity index (χ3v) is 4.41. The Balaban J connectivity index is 2.83. The standard InChI is InChI=1S/C14H21N3O5S/c1-10-7-11(5-6-12(10)22-9-13(18)15-2)23(20,21)16-8-14(19)17(3)4/h5-7,16H,8-9H2,1-4H3,(H,15,18). The molecule has 0 bridgehead atoms. The number of rotatable bonds is 7. The number of likely N-dealkylation sites (N-methyl/N-ethyl adjacent to an activating group) is 2. The quantitative estimate of drug-likeness (QED) is 0.694. The molecule has 0 fully saturated rings. The Bertz CT molecular complexity index is 686. The van der Waals surface area contributed by atoms with Crippen molar-refractivity contribution in [1.82, 2.24) is 14.9 Å². The van der Waals surface area contributed by atoms with Crippen molar-refractivity contribution in [1.29, 1.82) is 0 Å². The molecular formula is C14H21N3O5S. The lowest BCUT2D eigenvalue weighted by atomic mass is 10.2. The van der Waals surface area contributed by atoms with E-state index in [0.717, 1.165) is 0 Å². The van der Waals surface area contributed by atoms with Crippen LogP contribution < -0.4 is 14.8 Å². The van der Waals surface area contributed by atoms with Crippen molar-refractivity contribution >= 4 is 21.8 Å². The molecule has 1 aromatic rings. The summed E-state index contributed by atoms with van der Waals surface area (Å²) >= 11 is 0. The SMILES string of the molecule is CNC(=O)COc1ccc(S(=O)(=O)NCC(=O)N(C)C)cc1C. The number of sulfonamides is 1. The second kappa shape index (κ2) is 7.93. The largest absolute Gasteiger partial charge is 0.484 e. The molecule has 0 atom stereocenters. The molecular weight excluding hydrogens is 322 g/mol. The highest BCUT2D eigenvalue weighted by Crippen LogP contribution is 2.21. The van der Waals surface area contributed by atoms with Gasteiger partial charge in [0.05, 0.1) is 11.4 Å². The minimum absolute atomic E-state index is 0.0221. The Hall–Kier alpha value is -2.13. The number of ether oxygens (including phenoxy) is 1. The molecule has 23 heavy (non-hydrogen) atoms. The van der Waals surface area contributed by atoms with Gasteiger partial charge in [-0.2, -0.15) is 0 Å². The molecule has 0 spiro atoms. The van der Waals surface area contributed by atoms with Gasteiger partial charge in [0.1, 0.15) is 5.75 Å². The fraction of sp³-hybridized carbons (Fsp3) is 0.429. The smallest absolute Gasteiger partial charge is 0.257 e. The summed E-state index contributed by atoms with van der Waals surface area (Å²) in [6.07, 6.45) is 0. The van der Waals surface area contributed by atoms with Gasteiger partial charge in [-0.3, -0.25) is 9.59 Å². The maximum atomic E-state index is 12.1. The van der Waals surface area contributed by atoms with Crippen LogP contribution in [0.2, 0.25) is 0 Å². The van der Waals surface area contributed by atoms with Gasteiger partial charge in [-0.05, 0) is 30.7 Å². The minimum Gasteiger partial charge on any atom is -0.484 e. The van der Waals surface area contributed by atoms with E-state index in [0.29, 0.717) is 11.3 Å². The Kier molecular flexibility index (Phi) is 6.52. The summed E-state index contributed by atoms with van der Waals surface area (Å²) in [7, 11) is 0.781. The number of carbonyl (C=O) groups is 2. The van der Waals surface area contributed by atoms with Crippen molar-refractivity contribution in [3.63, 3.8) is 0 Å². The van der Waals surface area contributed by atoms with Gasteiger partial charge in [-0.1, -0.05) is 0 Å². The van der Waals surface area contributed by atoms with Gasteiger partial charge in [0.2, 0.25) is 15.9 Å². The molecule has 1 rings (SSSR count). The molecule has 0 aliphatic carbocycles. The summed E-state index contributed by atoms with van der Waals surface area (Å²) in [5, 5.41) is 2.42. The summed E-state index contributed by atoms with van der Waals surface area (Å²) in [5.41, 5.74) is 0.565. The molecule has 0 aliphatic rings. The molecule has 8 nitrogen and oxygen atoms in total. The van der Waals surface area contributed by atoms with E-state index in [2.05, 4.69) is 10.0 Å². The van der Waals surface area contributed by atoms with E-state index < -0.39 is 10.0 Å². The van der Waals surface area contributed by atoms with Gasteiger partial charge in [-0.15, -0.1) is 0 Å². The van der Waals surface area contributed by atoms with Crippen LogP contribution in [0.4, 0.5) is 0 Å². The second-order valence-electron chi connectivity index (χ2n) is 5.00. The summed E-state index contributed by atoms with van der Waals surface area (Å²) in [5.74, 6) is -0.224. The topological polar surface area (TPSA) is 105 Å². The molecule has 2 N–H and O–H groups in total. The Morgan fingerprint density at radius 2 is 1.91 bits per heavy atom. The summed E-state index contributed by atoms with van der Waals surface area (Å²) in [6, 6.07) is 4.25. The van der Waals surface area contributed by atoms with Crippen LogP contribution in [0.3, 0.4) is 0 Å². The van der Waals surface area contributed by atoms with E-state index >= 15 is 0 Å². The molecule has 0 saturated heterocycles. The van der Waals surface area contributed by atoms with Crippen LogP contribution in [0.5, 0.6) is 5.75 Å². The zero-order valence-electron chi connectivity index (χ0n) is 13.5. The first-order valence-electron chi connectivity index (χ1n) is 6.81. The number of nitrogens with one attached hydrogen (secondary N) is 2. The fourth-order valence-corrected chi connectivity index (χ4v) is 2.62. The second-order valence-corrected chi connectivity index (χ2v) is 6.77. The Labute approximate surface area is 135 Å². The monoisotopic (exact) mass is 343 g/mol. The van der Waals surface area contributed by atoms with Crippen molar-refractivity contribution in [2.75, 3.05) is 34.3 Å². The van der Waals surface area contributed by atoms with E-state index in [1.54, 1.807) is 21.0 Å². The number of nitrogens with zero attached hydrogens (tertiary/aromatic N) is 1. The average Bonchev–Trinajstić information content (AvgIpc) is 2.50. The maximum Gasteiger partial charge on any atom is 0.257 e. The summed E-state index contributed by atoms with van der Waals surface area (Å²) < 4.78 is 31.8. The van der Waals surface area contributed by atoms with Crippen LogP contribution in [-0.2, 0) is 19.6 Å². The van der Waals surface area contributed by atoms with Crippen molar-refractivity contribution in [3.05, 3.63) is 23.8 Å². The van der Waals surface area contributed by atoms with Gasteiger partial charge in [0.25, 0.3) is 5.91 Å². The summed E-state index contributed by atoms with van der Waals surface area (Å²) in [4.78, 5) is 23.9. The molecule has 0 heterocycles. The molecule has 0 aromatic heterocycles. The number of benzene rings is 1. The predicted octanol–water partition coefficient (Wildman–Crippen LogP) is -0.514. The molecule has 128 valence electrons. The van der Waals surface area contributed by atoms with Crippen molar-refractivity contribution in [3.8, 4) is 5.75 Å². The van der Waals surface area contributed by atoms with Gasteiger partial charge in [-0.25, -0.2) is 13.1 Å². The minimum atomic E-state index is -3.80. The third kappa shape index (κ3) is 5.53. The van der Waals surface area contributed by atoms with Gasteiger partial charge in [0.15, 0.2) is 6.61 Å². The third-order valence-electron chi connectivity index (χ3n) is 3.01. The highest BCUT2D eigenvalue weighted by molar-refractivity contribution is 7.89. The van der Waals surface area contributed by atoms with E-state index in [1.165, 1.54) is 30.1 Å². The van der Waals surface area contributed by atoms with Crippen LogP contribution in [0.25, 0.3) is 0 Å². The Morgan fingerprint density at radius 3 is 2.43 bits per heavy atom. The normalized spacial score (nSPS) is 11.0. The maximum absolute atomic E-state index is 12.1. The van der Waals surface area contributed by atoms with Crippen LogP contribution in [-0.4, -0.2) is 59.4 Å². The fourth-order valence-electron chi connectivity index (χ4n) is 1.56. The zero-order chi connectivity index (χ0) is 17.6. The first-order chi connectivity index (χ1) is 10.7. The zero-order valence-corrected chi connectivity index (χ0v) is 14.4. The van der Waals surface area contributed by atoms with E-state index in [4.69, 9.17) is 4.74 Å². The number of carbonyl (C=O) groups excluding carboxylic acids is 2. The molecule has 0 saturated carbocycles. The molecule has 2 amide bonds. The van der Waals surface area contributed by atoms with Crippen LogP contribution in [0.15, 0.2) is 23.1 Å². The average molecular weight is 343 g/mol. The van der Waals surface area contributed by atoms with Crippen molar-refractivity contribution < 1.29 is 22.7 Å². The lowest BCUT2D eigenvalue weighted by Gasteiger charge is -2.13. The van der Waals surface area contributed by atoms with Crippen molar-refractivity contribution in [2.45, 2.75) is 11.8 Å². The first-order valence-corrected chi connectivity index (χ1v) is 8.29. The molecule has 0 aliphatic heterocycles.